The Labute approximate surface area is 90.4 Å². The molecule has 1 rings (SSSR count). The van der Waals surface area contributed by atoms with Crippen molar-refractivity contribution < 1.29 is 13.9 Å². The molecular formula is C12H18O3. The zero-order chi connectivity index (χ0) is 11.6. The molecule has 1 heterocycles. The first kappa shape index (κ1) is 11.8. The molecule has 0 amide bonds. The maximum absolute atomic E-state index is 11.6. The Morgan fingerprint density at radius 2 is 1.93 bits per heavy atom. The van der Waals surface area contributed by atoms with Crippen LogP contribution in [0.1, 0.15) is 56.9 Å². The third-order valence-electron chi connectivity index (χ3n) is 1.80. The zero-order valence-corrected chi connectivity index (χ0v) is 9.96. The molecular weight excluding hydrogens is 192 g/mol. The molecule has 0 aliphatic heterocycles. The lowest BCUT2D eigenvalue weighted by molar-refractivity contribution is 0.00341. The average molecular weight is 210 g/mol. The Bertz CT molecular complexity index is 342. The summed E-state index contributed by atoms with van der Waals surface area (Å²) >= 11 is 0. The molecule has 0 N–H and O–H groups in total. The van der Waals surface area contributed by atoms with Crippen molar-refractivity contribution in [1.82, 2.24) is 0 Å². The lowest BCUT2D eigenvalue weighted by atomic mass is 10.2. The van der Waals surface area contributed by atoms with Crippen LogP contribution in [0.15, 0.2) is 16.5 Å². The van der Waals surface area contributed by atoms with Crippen LogP contribution in [0.3, 0.4) is 0 Å². The standard InChI is InChI=1S/C12H18O3/c1-8(2)9-6-7-10(14-9)11(13)15-12(3,4)5/h6-8H,1-5H3. The third-order valence-corrected chi connectivity index (χ3v) is 1.80. The minimum atomic E-state index is -0.484. The minimum Gasteiger partial charge on any atom is -0.454 e. The van der Waals surface area contributed by atoms with Gasteiger partial charge in [-0.25, -0.2) is 4.79 Å². The second kappa shape index (κ2) is 4.09. The third kappa shape index (κ3) is 3.42. The van der Waals surface area contributed by atoms with Crippen molar-refractivity contribution in [2.24, 2.45) is 0 Å². The predicted octanol–water partition coefficient (Wildman–Crippen LogP) is 3.36. The lowest BCUT2D eigenvalue weighted by Crippen LogP contribution is -2.23. The molecule has 15 heavy (non-hydrogen) atoms. The fourth-order valence-electron chi connectivity index (χ4n) is 1.10. The highest BCUT2D eigenvalue weighted by Gasteiger charge is 2.20. The van der Waals surface area contributed by atoms with Crippen LogP contribution in [0.2, 0.25) is 0 Å². The molecule has 0 aromatic carbocycles. The van der Waals surface area contributed by atoms with E-state index in [-0.39, 0.29) is 11.7 Å². The lowest BCUT2D eigenvalue weighted by Gasteiger charge is -2.18. The van der Waals surface area contributed by atoms with Gasteiger partial charge in [-0.15, -0.1) is 0 Å². The van der Waals surface area contributed by atoms with E-state index in [0.29, 0.717) is 0 Å². The molecule has 3 heteroatoms. The molecule has 0 saturated heterocycles. The summed E-state index contributed by atoms with van der Waals surface area (Å²) < 4.78 is 10.6. The van der Waals surface area contributed by atoms with Crippen LogP contribution in [-0.2, 0) is 4.74 Å². The number of hydrogen-bond acceptors (Lipinski definition) is 3. The van der Waals surface area contributed by atoms with E-state index in [2.05, 4.69) is 0 Å². The van der Waals surface area contributed by atoms with E-state index in [9.17, 15) is 4.79 Å². The van der Waals surface area contributed by atoms with E-state index in [1.165, 1.54) is 0 Å². The van der Waals surface area contributed by atoms with Crippen LogP contribution in [-0.4, -0.2) is 11.6 Å². The first-order chi connectivity index (χ1) is 6.79. The number of furan rings is 1. The number of carbonyl (C=O) groups is 1. The van der Waals surface area contributed by atoms with Gasteiger partial charge in [0.2, 0.25) is 5.76 Å². The van der Waals surface area contributed by atoms with Crippen LogP contribution in [0.4, 0.5) is 0 Å². The molecule has 0 spiro atoms. The predicted molar refractivity (Wildman–Crippen MR) is 58.0 cm³/mol. The number of rotatable bonds is 2. The van der Waals surface area contributed by atoms with E-state index < -0.39 is 11.6 Å². The number of ether oxygens (including phenoxy) is 1. The van der Waals surface area contributed by atoms with E-state index in [1.807, 2.05) is 40.7 Å². The Balaban J connectivity index is 2.75. The van der Waals surface area contributed by atoms with Gasteiger partial charge in [0.25, 0.3) is 0 Å². The average Bonchev–Trinajstić information content (AvgIpc) is 2.47. The smallest absolute Gasteiger partial charge is 0.374 e. The van der Waals surface area contributed by atoms with Gasteiger partial charge < -0.3 is 9.15 Å². The van der Waals surface area contributed by atoms with Gasteiger partial charge in [0.1, 0.15) is 11.4 Å². The van der Waals surface area contributed by atoms with Crippen LogP contribution < -0.4 is 0 Å². The monoisotopic (exact) mass is 210 g/mol. The highest BCUT2D eigenvalue weighted by Crippen LogP contribution is 2.19. The first-order valence-electron chi connectivity index (χ1n) is 5.12. The number of carbonyl (C=O) groups excluding carboxylic acids is 1. The van der Waals surface area contributed by atoms with E-state index in [1.54, 1.807) is 6.07 Å². The largest absolute Gasteiger partial charge is 0.454 e. The van der Waals surface area contributed by atoms with Crippen molar-refractivity contribution >= 4 is 5.97 Å². The van der Waals surface area contributed by atoms with Crippen molar-refractivity contribution in [3.05, 3.63) is 23.7 Å². The normalized spacial score (nSPS) is 11.9. The molecule has 0 unspecified atom stereocenters. The first-order valence-corrected chi connectivity index (χ1v) is 5.12. The summed E-state index contributed by atoms with van der Waals surface area (Å²) in [4.78, 5) is 11.6. The van der Waals surface area contributed by atoms with Crippen LogP contribution >= 0.6 is 0 Å². The van der Waals surface area contributed by atoms with E-state index >= 15 is 0 Å². The Morgan fingerprint density at radius 1 is 1.33 bits per heavy atom. The molecule has 0 saturated carbocycles. The van der Waals surface area contributed by atoms with Gasteiger partial charge in [-0.2, -0.15) is 0 Å². The van der Waals surface area contributed by atoms with Crippen LogP contribution in [0.5, 0.6) is 0 Å². The molecule has 1 aromatic rings. The highest BCUT2D eigenvalue weighted by atomic mass is 16.6. The molecule has 0 bridgehead atoms. The van der Waals surface area contributed by atoms with Gasteiger partial charge in [0.15, 0.2) is 0 Å². The summed E-state index contributed by atoms with van der Waals surface area (Å²) in [6.07, 6.45) is 0. The van der Waals surface area contributed by atoms with Crippen molar-refractivity contribution in [3.8, 4) is 0 Å². The summed E-state index contributed by atoms with van der Waals surface area (Å²) in [5.74, 6) is 0.945. The van der Waals surface area contributed by atoms with Gasteiger partial charge in [0, 0.05) is 5.92 Å². The maximum atomic E-state index is 11.6. The van der Waals surface area contributed by atoms with Gasteiger partial charge >= 0.3 is 5.97 Å². The Morgan fingerprint density at radius 3 is 2.33 bits per heavy atom. The SMILES string of the molecule is CC(C)c1ccc(C(=O)OC(C)(C)C)o1. The fourth-order valence-corrected chi connectivity index (χ4v) is 1.10. The molecule has 3 nitrogen and oxygen atoms in total. The Hall–Kier alpha value is -1.25. The second-order valence-corrected chi connectivity index (χ2v) is 4.86. The van der Waals surface area contributed by atoms with Crippen molar-refractivity contribution in [1.29, 1.82) is 0 Å². The summed E-state index contributed by atoms with van der Waals surface area (Å²) in [6, 6.07) is 3.47. The molecule has 0 fully saturated rings. The number of esters is 1. The summed E-state index contributed by atoms with van der Waals surface area (Å²) in [7, 11) is 0. The van der Waals surface area contributed by atoms with E-state index in [4.69, 9.17) is 9.15 Å². The highest BCUT2D eigenvalue weighted by molar-refractivity contribution is 5.86. The van der Waals surface area contributed by atoms with Crippen molar-refractivity contribution in [2.45, 2.75) is 46.1 Å². The van der Waals surface area contributed by atoms with Gasteiger partial charge in [-0.05, 0) is 32.9 Å². The van der Waals surface area contributed by atoms with E-state index in [0.717, 1.165) is 5.76 Å². The summed E-state index contributed by atoms with van der Waals surface area (Å²) in [6.45, 7) is 9.51. The van der Waals surface area contributed by atoms with Crippen LogP contribution in [0, 0.1) is 0 Å². The summed E-state index contributed by atoms with van der Waals surface area (Å²) in [5.41, 5.74) is -0.484. The summed E-state index contributed by atoms with van der Waals surface area (Å²) in [5, 5.41) is 0. The molecule has 84 valence electrons. The molecule has 0 atom stereocenters. The molecule has 0 aliphatic carbocycles. The van der Waals surface area contributed by atoms with Crippen molar-refractivity contribution in [2.75, 3.05) is 0 Å². The quantitative estimate of drug-likeness (QED) is 0.702. The van der Waals surface area contributed by atoms with Gasteiger partial charge in [-0.1, -0.05) is 13.8 Å². The second-order valence-electron chi connectivity index (χ2n) is 4.86. The van der Waals surface area contributed by atoms with Gasteiger partial charge in [-0.3, -0.25) is 0 Å². The molecule has 1 aromatic heterocycles. The molecule has 0 aliphatic rings. The maximum Gasteiger partial charge on any atom is 0.374 e. The minimum absolute atomic E-state index is 0.272. The molecule has 0 radical (unpaired) electrons. The topological polar surface area (TPSA) is 39.4 Å². The van der Waals surface area contributed by atoms with Crippen molar-refractivity contribution in [3.63, 3.8) is 0 Å². The van der Waals surface area contributed by atoms with Gasteiger partial charge in [0.05, 0.1) is 0 Å². The number of hydrogen-bond donors (Lipinski definition) is 0. The zero-order valence-electron chi connectivity index (χ0n) is 9.96. The van der Waals surface area contributed by atoms with Crippen LogP contribution in [0.25, 0.3) is 0 Å². The fraction of sp³-hybridized carbons (Fsp3) is 0.583. The Kier molecular flexibility index (Phi) is 3.22.